The van der Waals surface area contributed by atoms with Crippen molar-refractivity contribution >= 4 is 11.5 Å². The summed E-state index contributed by atoms with van der Waals surface area (Å²) in [7, 11) is 0. The summed E-state index contributed by atoms with van der Waals surface area (Å²) in [6.45, 7) is 12.3. The molecule has 2 saturated carbocycles. The Morgan fingerprint density at radius 1 is 1.08 bits per heavy atom. The highest BCUT2D eigenvalue weighted by molar-refractivity contribution is 5.87. The average molecular weight is 346 g/mol. The molecule has 25 heavy (non-hydrogen) atoms. The number of Topliss-reactive ketones (excluding diaryl/α,β-unsaturated/α-hetero) is 1. The van der Waals surface area contributed by atoms with Crippen molar-refractivity contribution in [3.63, 3.8) is 0 Å². The first-order valence-electron chi connectivity index (χ1n) is 10.4. The molecule has 4 unspecified atom stereocenters. The van der Waals surface area contributed by atoms with Crippen LogP contribution >= 0.6 is 0 Å². The molecule has 2 heteroatoms. The zero-order valence-electron chi connectivity index (χ0n) is 17.1. The summed E-state index contributed by atoms with van der Waals surface area (Å²) in [5.41, 5.74) is 11.3. The van der Waals surface area contributed by atoms with Gasteiger partial charge in [-0.2, -0.15) is 0 Å². The highest BCUT2D eigenvalue weighted by atomic mass is 16.1. The van der Waals surface area contributed by atoms with Crippen LogP contribution in [0.4, 0.5) is 5.69 Å². The number of hydrogen-bond acceptors (Lipinski definition) is 2. The van der Waals surface area contributed by atoms with Crippen LogP contribution in [-0.2, 0) is 11.2 Å². The molecular formula is C23H39NO. The molecule has 0 radical (unpaired) electrons. The van der Waals surface area contributed by atoms with Crippen molar-refractivity contribution in [3.05, 3.63) is 28.8 Å². The topological polar surface area (TPSA) is 43.1 Å². The smallest absolute Gasteiger partial charge is 0.139 e. The van der Waals surface area contributed by atoms with E-state index in [1.165, 1.54) is 36.0 Å². The van der Waals surface area contributed by atoms with Crippen molar-refractivity contribution in [2.75, 3.05) is 5.73 Å². The first-order valence-corrected chi connectivity index (χ1v) is 10.4. The van der Waals surface area contributed by atoms with Gasteiger partial charge in [-0.05, 0) is 79.5 Å². The van der Waals surface area contributed by atoms with Crippen LogP contribution in [0.15, 0.2) is 12.1 Å². The van der Waals surface area contributed by atoms with Gasteiger partial charge in [0.15, 0.2) is 0 Å². The zero-order chi connectivity index (χ0) is 18.8. The minimum Gasteiger partial charge on any atom is -0.399 e. The van der Waals surface area contributed by atoms with Crippen LogP contribution in [-0.4, -0.2) is 5.78 Å². The molecular weight excluding hydrogens is 306 g/mol. The minimum absolute atomic E-state index is 0. The quantitative estimate of drug-likeness (QED) is 0.561. The average Bonchev–Trinajstić information content (AvgIpc) is 2.95. The van der Waals surface area contributed by atoms with Crippen LogP contribution in [0, 0.1) is 24.2 Å². The summed E-state index contributed by atoms with van der Waals surface area (Å²) >= 11 is 0. The van der Waals surface area contributed by atoms with Gasteiger partial charge >= 0.3 is 0 Å². The fourth-order valence-electron chi connectivity index (χ4n) is 5.53. The molecule has 2 fully saturated rings. The molecule has 4 rings (SSSR count). The van der Waals surface area contributed by atoms with Crippen LogP contribution in [0.5, 0.6) is 0 Å². The third-order valence-corrected chi connectivity index (χ3v) is 6.82. The molecule has 3 aliphatic carbocycles. The molecule has 0 heterocycles. The second kappa shape index (κ2) is 7.93. The number of nitrogen functional groups attached to an aromatic ring is 1. The predicted octanol–water partition coefficient (Wildman–Crippen LogP) is 6.30. The lowest BCUT2D eigenvalue weighted by atomic mass is 9.55. The van der Waals surface area contributed by atoms with E-state index in [9.17, 15) is 4.79 Å². The number of fused-ring (bicyclic) bond motifs is 5. The van der Waals surface area contributed by atoms with Crippen LogP contribution in [0.2, 0.25) is 0 Å². The van der Waals surface area contributed by atoms with Crippen molar-refractivity contribution in [1.29, 1.82) is 0 Å². The van der Waals surface area contributed by atoms with Gasteiger partial charge in [0.05, 0.1) is 0 Å². The molecule has 2 N–H and O–H groups in total. The summed E-state index contributed by atoms with van der Waals surface area (Å²) in [5, 5.41) is 0. The van der Waals surface area contributed by atoms with Crippen molar-refractivity contribution in [3.8, 4) is 0 Å². The molecule has 0 amide bonds. The summed E-state index contributed by atoms with van der Waals surface area (Å²) < 4.78 is 0. The van der Waals surface area contributed by atoms with Gasteiger partial charge in [0.2, 0.25) is 0 Å². The lowest BCUT2D eigenvalue weighted by Gasteiger charge is -2.48. The van der Waals surface area contributed by atoms with E-state index < -0.39 is 0 Å². The molecule has 4 atom stereocenters. The van der Waals surface area contributed by atoms with E-state index in [4.69, 9.17) is 5.73 Å². The molecule has 142 valence electrons. The van der Waals surface area contributed by atoms with E-state index in [1.54, 1.807) is 0 Å². The lowest BCUT2D eigenvalue weighted by molar-refractivity contribution is -0.129. The van der Waals surface area contributed by atoms with E-state index in [1.807, 2.05) is 27.7 Å². The Balaban J connectivity index is 0.000000635. The maximum Gasteiger partial charge on any atom is 0.139 e. The zero-order valence-corrected chi connectivity index (χ0v) is 17.1. The molecule has 2 nitrogen and oxygen atoms in total. The standard InChI is InChI=1S/C19H25NO.2C2H6.H2/c1-11-9-12-3-4-14-13(15(12)10-17(11)20)7-8-19(2)16(14)5-6-18(19)21;2*1-2;/h9-10,13-14,16H,3-8,20H2,1-2H3;2*1-2H3;1H. The summed E-state index contributed by atoms with van der Waals surface area (Å²) in [6.07, 6.45) is 6.59. The lowest BCUT2D eigenvalue weighted by Crippen LogP contribution is -2.42. The van der Waals surface area contributed by atoms with E-state index in [0.717, 1.165) is 24.9 Å². The van der Waals surface area contributed by atoms with Gasteiger partial charge in [-0.25, -0.2) is 0 Å². The number of aryl methyl sites for hydroxylation is 2. The normalized spacial score (nSPS) is 32.2. The summed E-state index contributed by atoms with van der Waals surface area (Å²) in [5.74, 6) is 2.48. The van der Waals surface area contributed by atoms with Crippen LogP contribution in [0.3, 0.4) is 0 Å². The molecule has 1 aromatic carbocycles. The van der Waals surface area contributed by atoms with Crippen LogP contribution in [0.1, 0.15) is 90.8 Å². The summed E-state index contributed by atoms with van der Waals surface area (Å²) in [6, 6.07) is 4.54. The molecule has 1 aromatic rings. The maximum absolute atomic E-state index is 12.3. The first kappa shape index (κ1) is 20.0. The molecule has 0 aromatic heterocycles. The highest BCUT2D eigenvalue weighted by Gasteiger charge is 2.54. The van der Waals surface area contributed by atoms with Crippen molar-refractivity contribution in [2.24, 2.45) is 17.3 Å². The molecule has 0 saturated heterocycles. The van der Waals surface area contributed by atoms with Crippen molar-refractivity contribution < 1.29 is 6.22 Å². The number of benzene rings is 1. The van der Waals surface area contributed by atoms with Gasteiger partial charge in [-0.1, -0.05) is 40.7 Å². The van der Waals surface area contributed by atoms with Gasteiger partial charge in [0.1, 0.15) is 5.78 Å². The van der Waals surface area contributed by atoms with Crippen molar-refractivity contribution in [1.82, 2.24) is 0 Å². The fourth-order valence-corrected chi connectivity index (χ4v) is 5.53. The second-order valence-corrected chi connectivity index (χ2v) is 7.74. The predicted molar refractivity (Wildman–Crippen MR) is 110 cm³/mol. The largest absolute Gasteiger partial charge is 0.399 e. The van der Waals surface area contributed by atoms with E-state index in [2.05, 4.69) is 26.0 Å². The van der Waals surface area contributed by atoms with Crippen molar-refractivity contribution in [2.45, 2.75) is 86.0 Å². The maximum atomic E-state index is 12.3. The number of anilines is 1. The van der Waals surface area contributed by atoms with E-state index >= 15 is 0 Å². The van der Waals surface area contributed by atoms with Gasteiger partial charge in [0.25, 0.3) is 0 Å². The molecule has 0 bridgehead atoms. The Morgan fingerprint density at radius 3 is 2.44 bits per heavy atom. The monoisotopic (exact) mass is 345 g/mol. The first-order chi connectivity index (χ1) is 12.0. The Kier molecular flexibility index (Phi) is 6.35. The molecule has 0 spiro atoms. The Morgan fingerprint density at radius 2 is 1.76 bits per heavy atom. The third kappa shape index (κ3) is 3.25. The number of carbonyl (C=O) groups is 1. The van der Waals surface area contributed by atoms with Gasteiger partial charge in [0, 0.05) is 18.9 Å². The Labute approximate surface area is 156 Å². The van der Waals surface area contributed by atoms with Gasteiger partial charge in [-0.3, -0.25) is 4.79 Å². The van der Waals surface area contributed by atoms with Crippen LogP contribution in [0.25, 0.3) is 0 Å². The number of ketones is 1. The molecule has 3 aliphatic rings. The number of hydrogen-bond donors (Lipinski definition) is 1. The summed E-state index contributed by atoms with van der Waals surface area (Å²) in [4.78, 5) is 12.3. The fraction of sp³-hybridized carbons (Fsp3) is 0.696. The highest BCUT2D eigenvalue weighted by Crippen LogP contribution is 2.59. The second-order valence-electron chi connectivity index (χ2n) is 7.74. The third-order valence-electron chi connectivity index (χ3n) is 6.82. The van der Waals surface area contributed by atoms with Gasteiger partial charge in [-0.15, -0.1) is 0 Å². The van der Waals surface area contributed by atoms with E-state index in [-0.39, 0.29) is 6.84 Å². The molecule has 0 aliphatic heterocycles. The number of carbonyl (C=O) groups excluding carboxylic acids is 1. The number of rotatable bonds is 0. The van der Waals surface area contributed by atoms with E-state index in [0.29, 0.717) is 23.5 Å². The minimum atomic E-state index is -0.0189. The Bertz CT molecular complexity index is 627. The van der Waals surface area contributed by atoms with Crippen LogP contribution < -0.4 is 5.73 Å². The van der Waals surface area contributed by atoms with Gasteiger partial charge < -0.3 is 5.73 Å². The number of nitrogens with two attached hydrogens (primary N) is 1. The Hall–Kier alpha value is -1.31. The SMILES string of the molecule is CC.CC.Cc1cc2c(cc1N)C1CCC3(C)C(=O)CCC3C1CC2.[HH].